The first-order valence-corrected chi connectivity index (χ1v) is 6.45. The van der Waals surface area contributed by atoms with Crippen molar-refractivity contribution in [2.45, 2.75) is 47.0 Å². The number of rotatable bonds is 5. The predicted octanol–water partition coefficient (Wildman–Crippen LogP) is 3.40. The molecule has 2 unspecified atom stereocenters. The van der Waals surface area contributed by atoms with Crippen molar-refractivity contribution in [1.82, 2.24) is 0 Å². The van der Waals surface area contributed by atoms with Gasteiger partial charge in [-0.1, -0.05) is 30.2 Å². The minimum Gasteiger partial charge on any atom is -0.393 e. The fourth-order valence-corrected chi connectivity index (χ4v) is 2.13. The summed E-state index contributed by atoms with van der Waals surface area (Å²) < 4.78 is 4.57. The van der Waals surface area contributed by atoms with E-state index in [0.29, 0.717) is 0 Å². The van der Waals surface area contributed by atoms with Crippen molar-refractivity contribution in [1.29, 1.82) is 0 Å². The highest BCUT2D eigenvalue weighted by Crippen LogP contribution is 2.26. The molecule has 1 aliphatic heterocycles. The Morgan fingerprint density at radius 3 is 2.56 bits per heavy atom. The summed E-state index contributed by atoms with van der Waals surface area (Å²) in [5.74, 6) is -1.00. The molecule has 0 saturated carbocycles. The van der Waals surface area contributed by atoms with E-state index in [9.17, 15) is 9.59 Å². The van der Waals surface area contributed by atoms with Gasteiger partial charge in [-0.25, -0.2) is 0 Å². The van der Waals surface area contributed by atoms with E-state index in [1.807, 2.05) is 6.92 Å². The highest BCUT2D eigenvalue weighted by atomic mass is 16.6. The molecule has 0 aromatic rings. The number of carbonyl (C=O) groups excluding carboxylic acids is 2. The van der Waals surface area contributed by atoms with Crippen molar-refractivity contribution in [3.63, 3.8) is 0 Å². The van der Waals surface area contributed by atoms with E-state index >= 15 is 0 Å². The summed E-state index contributed by atoms with van der Waals surface area (Å²) in [6, 6.07) is 0. The van der Waals surface area contributed by atoms with E-state index in [1.165, 1.54) is 11.1 Å². The number of esters is 2. The molecule has 0 aliphatic carbocycles. The van der Waals surface area contributed by atoms with E-state index in [1.54, 1.807) is 0 Å². The molecular formula is C15H22O3. The van der Waals surface area contributed by atoms with Crippen LogP contribution in [0.2, 0.25) is 0 Å². The molecule has 0 spiro atoms. The minimum absolute atomic E-state index is 0.0654. The SMILES string of the molecule is CC(C)=CCC/C(C)=C/C(C)C1CC(=O)OC1=O. The summed E-state index contributed by atoms with van der Waals surface area (Å²) >= 11 is 0. The molecule has 0 aromatic carbocycles. The summed E-state index contributed by atoms with van der Waals surface area (Å²) in [7, 11) is 0. The van der Waals surface area contributed by atoms with Crippen LogP contribution in [0.15, 0.2) is 23.3 Å². The first kappa shape index (κ1) is 14.7. The first-order valence-electron chi connectivity index (χ1n) is 6.45. The van der Waals surface area contributed by atoms with Gasteiger partial charge in [-0.2, -0.15) is 0 Å². The van der Waals surface area contributed by atoms with E-state index in [0.717, 1.165) is 12.8 Å². The molecule has 0 amide bonds. The zero-order valence-electron chi connectivity index (χ0n) is 11.7. The third kappa shape index (κ3) is 4.47. The average Bonchev–Trinajstić information content (AvgIpc) is 2.57. The van der Waals surface area contributed by atoms with E-state index in [4.69, 9.17) is 0 Å². The smallest absolute Gasteiger partial charge is 0.317 e. The Morgan fingerprint density at radius 1 is 1.39 bits per heavy atom. The molecular weight excluding hydrogens is 228 g/mol. The Hall–Kier alpha value is -1.38. The molecule has 0 aromatic heterocycles. The summed E-state index contributed by atoms with van der Waals surface area (Å²) in [4.78, 5) is 22.5. The van der Waals surface area contributed by atoms with Gasteiger partial charge in [-0.05, 0) is 39.5 Å². The fraction of sp³-hybridized carbons (Fsp3) is 0.600. The van der Waals surface area contributed by atoms with Crippen molar-refractivity contribution < 1.29 is 14.3 Å². The molecule has 3 heteroatoms. The van der Waals surface area contributed by atoms with Gasteiger partial charge in [0.1, 0.15) is 0 Å². The Morgan fingerprint density at radius 2 is 2.06 bits per heavy atom. The molecule has 1 rings (SSSR count). The van der Waals surface area contributed by atoms with Gasteiger partial charge in [0, 0.05) is 0 Å². The topological polar surface area (TPSA) is 43.4 Å². The van der Waals surface area contributed by atoms with Crippen molar-refractivity contribution in [2.75, 3.05) is 0 Å². The van der Waals surface area contributed by atoms with Gasteiger partial charge in [0.15, 0.2) is 0 Å². The van der Waals surface area contributed by atoms with Crippen molar-refractivity contribution in [3.8, 4) is 0 Å². The third-order valence-corrected chi connectivity index (χ3v) is 3.18. The molecule has 0 N–H and O–H groups in total. The molecule has 0 bridgehead atoms. The normalized spacial score (nSPS) is 21.8. The van der Waals surface area contributed by atoms with Crippen LogP contribution in [0.25, 0.3) is 0 Å². The lowest BCUT2D eigenvalue weighted by molar-refractivity contribution is -0.153. The van der Waals surface area contributed by atoms with Gasteiger partial charge in [0.2, 0.25) is 0 Å². The van der Waals surface area contributed by atoms with Crippen LogP contribution in [-0.4, -0.2) is 11.9 Å². The maximum atomic E-state index is 11.4. The Kier molecular flexibility index (Phi) is 5.32. The van der Waals surface area contributed by atoms with Crippen LogP contribution in [0.4, 0.5) is 0 Å². The van der Waals surface area contributed by atoms with Gasteiger partial charge in [0.05, 0.1) is 12.3 Å². The lowest BCUT2D eigenvalue weighted by Gasteiger charge is -2.11. The van der Waals surface area contributed by atoms with Crippen LogP contribution in [0.3, 0.4) is 0 Å². The number of carbonyl (C=O) groups is 2. The summed E-state index contributed by atoms with van der Waals surface area (Å²) in [5.41, 5.74) is 2.58. The Bertz CT molecular complexity index is 387. The Labute approximate surface area is 109 Å². The second-order valence-electron chi connectivity index (χ2n) is 5.30. The monoisotopic (exact) mass is 250 g/mol. The standard InChI is InChI=1S/C15H22O3/c1-10(2)6-5-7-11(3)8-12(4)13-9-14(16)18-15(13)17/h6,8,12-13H,5,7,9H2,1-4H3/b11-8+. The molecule has 2 atom stereocenters. The second-order valence-corrected chi connectivity index (χ2v) is 5.30. The van der Waals surface area contributed by atoms with E-state index in [-0.39, 0.29) is 24.2 Å². The van der Waals surface area contributed by atoms with Crippen LogP contribution in [0.1, 0.15) is 47.0 Å². The highest BCUT2D eigenvalue weighted by molar-refractivity contribution is 5.94. The Balaban J connectivity index is 2.51. The van der Waals surface area contributed by atoms with Crippen LogP contribution >= 0.6 is 0 Å². The van der Waals surface area contributed by atoms with Crippen LogP contribution in [0, 0.1) is 11.8 Å². The van der Waals surface area contributed by atoms with E-state index in [2.05, 4.69) is 37.7 Å². The zero-order valence-corrected chi connectivity index (χ0v) is 11.7. The largest absolute Gasteiger partial charge is 0.393 e. The molecule has 1 fully saturated rings. The van der Waals surface area contributed by atoms with Crippen molar-refractivity contribution >= 4 is 11.9 Å². The second kappa shape index (κ2) is 6.53. The zero-order chi connectivity index (χ0) is 13.7. The molecule has 1 heterocycles. The summed E-state index contributed by atoms with van der Waals surface area (Å²) in [5, 5.41) is 0. The number of cyclic esters (lactones) is 2. The number of allylic oxidation sites excluding steroid dienone is 4. The van der Waals surface area contributed by atoms with E-state index < -0.39 is 5.97 Å². The fourth-order valence-electron chi connectivity index (χ4n) is 2.13. The van der Waals surface area contributed by atoms with Gasteiger partial charge < -0.3 is 4.74 Å². The van der Waals surface area contributed by atoms with Gasteiger partial charge in [-0.3, -0.25) is 9.59 Å². The highest BCUT2D eigenvalue weighted by Gasteiger charge is 2.36. The lowest BCUT2D eigenvalue weighted by Crippen LogP contribution is -2.15. The predicted molar refractivity (Wildman–Crippen MR) is 70.8 cm³/mol. The van der Waals surface area contributed by atoms with Crippen LogP contribution in [-0.2, 0) is 14.3 Å². The van der Waals surface area contributed by atoms with Gasteiger partial charge in [0.25, 0.3) is 0 Å². The maximum absolute atomic E-state index is 11.4. The molecule has 0 radical (unpaired) electrons. The van der Waals surface area contributed by atoms with Crippen molar-refractivity contribution in [3.05, 3.63) is 23.3 Å². The van der Waals surface area contributed by atoms with Gasteiger partial charge in [-0.15, -0.1) is 0 Å². The number of hydrogen-bond donors (Lipinski definition) is 0. The van der Waals surface area contributed by atoms with Crippen molar-refractivity contribution in [2.24, 2.45) is 11.8 Å². The van der Waals surface area contributed by atoms with Crippen LogP contribution in [0.5, 0.6) is 0 Å². The third-order valence-electron chi connectivity index (χ3n) is 3.18. The molecule has 1 saturated heterocycles. The molecule has 3 nitrogen and oxygen atoms in total. The van der Waals surface area contributed by atoms with Gasteiger partial charge >= 0.3 is 11.9 Å². The molecule has 1 aliphatic rings. The quantitative estimate of drug-likeness (QED) is 0.426. The van der Waals surface area contributed by atoms with Crippen LogP contribution < -0.4 is 0 Å². The summed E-state index contributed by atoms with van der Waals surface area (Å²) in [6.45, 7) is 8.20. The maximum Gasteiger partial charge on any atom is 0.317 e. The average molecular weight is 250 g/mol. The minimum atomic E-state index is -0.396. The molecule has 18 heavy (non-hydrogen) atoms. The lowest BCUT2D eigenvalue weighted by atomic mass is 9.90. The number of ether oxygens (including phenoxy) is 1. The molecule has 100 valence electrons. The number of hydrogen-bond acceptors (Lipinski definition) is 3. The first-order chi connectivity index (χ1) is 8.40. The summed E-state index contributed by atoms with van der Waals surface area (Å²) in [6.07, 6.45) is 6.52.